The van der Waals surface area contributed by atoms with Gasteiger partial charge < -0.3 is 10.6 Å². The molecule has 1 aliphatic carbocycles. The number of sulfonamides is 1. The zero-order chi connectivity index (χ0) is 16.6. The Morgan fingerprint density at radius 1 is 1.09 bits per heavy atom. The Kier molecular flexibility index (Phi) is 4.85. The lowest BCUT2D eigenvalue weighted by atomic mass is 10.1. The van der Waals surface area contributed by atoms with Crippen LogP contribution in [-0.2, 0) is 10.0 Å². The van der Waals surface area contributed by atoms with Gasteiger partial charge in [0.2, 0.25) is 10.0 Å². The first-order chi connectivity index (χ1) is 10.8. The number of piperidine rings is 1. The van der Waals surface area contributed by atoms with Crippen molar-refractivity contribution >= 4 is 16.1 Å². The topological polar surface area (TPSA) is 81.8 Å². The van der Waals surface area contributed by atoms with Gasteiger partial charge in [-0.05, 0) is 31.6 Å². The van der Waals surface area contributed by atoms with Gasteiger partial charge in [0.25, 0.3) is 0 Å². The molecule has 3 unspecified atom stereocenters. The summed E-state index contributed by atoms with van der Waals surface area (Å²) in [5.41, 5.74) is 0. The van der Waals surface area contributed by atoms with Crippen LogP contribution < -0.4 is 10.6 Å². The van der Waals surface area contributed by atoms with Crippen LogP contribution in [0.4, 0.5) is 4.79 Å². The monoisotopic (exact) mass is 344 g/mol. The highest BCUT2D eigenvalue weighted by atomic mass is 32.2. The molecule has 3 atom stereocenters. The van der Waals surface area contributed by atoms with E-state index in [1.54, 1.807) is 0 Å². The molecule has 0 bridgehead atoms. The van der Waals surface area contributed by atoms with E-state index in [2.05, 4.69) is 22.5 Å². The van der Waals surface area contributed by atoms with Crippen LogP contribution in [0.3, 0.4) is 0 Å². The minimum atomic E-state index is -3.18. The summed E-state index contributed by atoms with van der Waals surface area (Å²) < 4.78 is 24.7. The van der Waals surface area contributed by atoms with E-state index in [-0.39, 0.29) is 18.1 Å². The van der Waals surface area contributed by atoms with E-state index < -0.39 is 10.0 Å². The molecule has 132 valence electrons. The molecule has 0 aromatic heterocycles. The maximum Gasteiger partial charge on any atom is 0.315 e. The van der Waals surface area contributed by atoms with E-state index in [4.69, 9.17) is 0 Å². The van der Waals surface area contributed by atoms with Crippen molar-refractivity contribution in [1.82, 2.24) is 19.8 Å². The minimum Gasteiger partial charge on any atom is -0.334 e. The number of rotatable bonds is 4. The zero-order valence-electron chi connectivity index (χ0n) is 14.0. The highest BCUT2D eigenvalue weighted by molar-refractivity contribution is 7.88. The molecule has 0 radical (unpaired) electrons. The van der Waals surface area contributed by atoms with Gasteiger partial charge in [-0.3, -0.25) is 4.90 Å². The van der Waals surface area contributed by atoms with Gasteiger partial charge in [-0.25, -0.2) is 17.5 Å². The lowest BCUT2D eigenvalue weighted by Crippen LogP contribution is -2.54. The predicted molar refractivity (Wildman–Crippen MR) is 88.7 cm³/mol. The minimum absolute atomic E-state index is 0.102. The van der Waals surface area contributed by atoms with Crippen LogP contribution in [0, 0.1) is 5.92 Å². The quantitative estimate of drug-likeness (QED) is 0.763. The molecule has 2 heterocycles. The lowest BCUT2D eigenvalue weighted by molar-refractivity contribution is 0.220. The molecule has 3 rings (SSSR count). The van der Waals surface area contributed by atoms with Crippen molar-refractivity contribution in [3.63, 3.8) is 0 Å². The summed E-state index contributed by atoms with van der Waals surface area (Å²) in [5, 5.41) is 6.04. The molecule has 0 aromatic rings. The van der Waals surface area contributed by atoms with E-state index in [1.165, 1.54) is 23.4 Å². The second-order valence-electron chi connectivity index (χ2n) is 7.35. The van der Waals surface area contributed by atoms with Crippen LogP contribution in [0.1, 0.15) is 32.6 Å². The number of carbonyl (C=O) groups excluding carboxylic acids is 1. The van der Waals surface area contributed by atoms with Gasteiger partial charge in [0, 0.05) is 44.3 Å². The number of nitrogens with zero attached hydrogens (tertiary/aromatic N) is 2. The summed E-state index contributed by atoms with van der Waals surface area (Å²) in [4.78, 5) is 14.7. The number of urea groups is 1. The second-order valence-corrected chi connectivity index (χ2v) is 9.33. The number of hydrogen-bond acceptors (Lipinski definition) is 4. The molecule has 7 nitrogen and oxygen atoms in total. The molecule has 2 aliphatic heterocycles. The lowest BCUT2D eigenvalue weighted by Gasteiger charge is -2.31. The largest absolute Gasteiger partial charge is 0.334 e. The summed E-state index contributed by atoms with van der Waals surface area (Å²) in [6.45, 7) is 5.09. The number of amides is 2. The van der Waals surface area contributed by atoms with Gasteiger partial charge >= 0.3 is 6.03 Å². The molecule has 2 saturated heterocycles. The summed E-state index contributed by atoms with van der Waals surface area (Å²) in [6.07, 6.45) is 5.41. The summed E-state index contributed by atoms with van der Waals surface area (Å²) in [6, 6.07) is 0.647. The highest BCUT2D eigenvalue weighted by Gasteiger charge is 2.38. The van der Waals surface area contributed by atoms with E-state index in [9.17, 15) is 13.2 Å². The molecule has 23 heavy (non-hydrogen) atoms. The van der Waals surface area contributed by atoms with Crippen LogP contribution in [0.25, 0.3) is 0 Å². The fourth-order valence-corrected chi connectivity index (χ4v) is 4.60. The van der Waals surface area contributed by atoms with Crippen molar-refractivity contribution < 1.29 is 13.2 Å². The van der Waals surface area contributed by atoms with Gasteiger partial charge in [0.15, 0.2) is 0 Å². The number of carbonyl (C=O) groups is 1. The van der Waals surface area contributed by atoms with Crippen molar-refractivity contribution in [1.29, 1.82) is 0 Å². The van der Waals surface area contributed by atoms with Gasteiger partial charge in [0.05, 0.1) is 6.26 Å². The van der Waals surface area contributed by atoms with Gasteiger partial charge in [-0.15, -0.1) is 0 Å². The van der Waals surface area contributed by atoms with E-state index in [0.717, 1.165) is 32.0 Å². The molecular weight excluding hydrogens is 316 g/mol. The van der Waals surface area contributed by atoms with E-state index in [0.29, 0.717) is 19.0 Å². The average Bonchev–Trinajstić information content (AvgIpc) is 3.24. The third kappa shape index (κ3) is 4.36. The fraction of sp³-hybridized carbons (Fsp3) is 0.933. The first kappa shape index (κ1) is 17.0. The number of hydrogen-bond donors (Lipinski definition) is 2. The molecule has 0 aromatic carbocycles. The van der Waals surface area contributed by atoms with Gasteiger partial charge in [-0.1, -0.05) is 6.92 Å². The Morgan fingerprint density at radius 3 is 2.48 bits per heavy atom. The Labute approximate surface area is 138 Å². The molecule has 3 aliphatic rings. The van der Waals surface area contributed by atoms with Crippen LogP contribution >= 0.6 is 0 Å². The molecule has 8 heteroatoms. The van der Waals surface area contributed by atoms with Crippen molar-refractivity contribution in [2.75, 3.05) is 32.4 Å². The van der Waals surface area contributed by atoms with Crippen molar-refractivity contribution in [2.45, 2.75) is 50.7 Å². The summed E-state index contributed by atoms with van der Waals surface area (Å²) in [5.74, 6) is 0.459. The van der Waals surface area contributed by atoms with Crippen molar-refractivity contribution in [2.24, 2.45) is 5.92 Å². The Morgan fingerprint density at radius 2 is 1.83 bits per heavy atom. The highest BCUT2D eigenvalue weighted by Crippen LogP contribution is 2.31. The molecular formula is C15H28N4O3S. The van der Waals surface area contributed by atoms with Crippen LogP contribution in [0.5, 0.6) is 0 Å². The van der Waals surface area contributed by atoms with Crippen molar-refractivity contribution in [3.8, 4) is 0 Å². The SMILES string of the molecule is CC1CN(C2CC2)CC1NC(=O)NC1CCCN(S(C)(=O)=O)C1. The molecule has 0 spiro atoms. The van der Waals surface area contributed by atoms with Crippen LogP contribution in [-0.4, -0.2) is 74.2 Å². The maximum atomic E-state index is 12.3. The first-order valence-electron chi connectivity index (χ1n) is 8.59. The maximum absolute atomic E-state index is 12.3. The molecule has 2 N–H and O–H groups in total. The normalized spacial score (nSPS) is 33.6. The third-order valence-electron chi connectivity index (χ3n) is 5.21. The first-order valence-corrected chi connectivity index (χ1v) is 10.4. The number of nitrogens with one attached hydrogen (secondary N) is 2. The molecule has 2 amide bonds. The fourth-order valence-electron chi connectivity index (χ4n) is 3.69. The van der Waals surface area contributed by atoms with Crippen LogP contribution in [0.15, 0.2) is 0 Å². The Balaban J connectivity index is 1.47. The standard InChI is InChI=1S/C15H28N4O3S/c1-11-8-18(13-5-6-13)10-14(11)17-15(20)16-12-4-3-7-19(9-12)23(2,21)22/h11-14H,3-10H2,1-2H3,(H2,16,17,20). The smallest absolute Gasteiger partial charge is 0.315 e. The Bertz CT molecular complexity index is 549. The second kappa shape index (κ2) is 6.57. The van der Waals surface area contributed by atoms with E-state index >= 15 is 0 Å². The van der Waals surface area contributed by atoms with E-state index in [1.807, 2.05) is 0 Å². The average molecular weight is 344 g/mol. The van der Waals surface area contributed by atoms with Gasteiger partial charge in [0.1, 0.15) is 0 Å². The third-order valence-corrected chi connectivity index (χ3v) is 6.48. The molecule has 3 fully saturated rings. The zero-order valence-corrected chi connectivity index (χ0v) is 14.8. The van der Waals surface area contributed by atoms with Crippen molar-refractivity contribution in [3.05, 3.63) is 0 Å². The number of likely N-dealkylation sites (tertiary alicyclic amines) is 1. The van der Waals surface area contributed by atoms with Crippen LogP contribution in [0.2, 0.25) is 0 Å². The summed E-state index contributed by atoms with van der Waals surface area (Å²) in [7, 11) is -3.18. The Hall–Kier alpha value is -0.860. The summed E-state index contributed by atoms with van der Waals surface area (Å²) >= 11 is 0. The predicted octanol–water partition coefficient (Wildman–Crippen LogP) is 0.192. The van der Waals surface area contributed by atoms with Gasteiger partial charge in [-0.2, -0.15) is 0 Å². The molecule has 1 saturated carbocycles.